The van der Waals surface area contributed by atoms with Crippen LogP contribution in [-0.2, 0) is 0 Å². The van der Waals surface area contributed by atoms with Gasteiger partial charge >= 0.3 is 0 Å². The lowest BCUT2D eigenvalue weighted by Gasteiger charge is -2.12. The number of rotatable bonds is 5. The summed E-state index contributed by atoms with van der Waals surface area (Å²) in [6.45, 7) is 0.00499. The van der Waals surface area contributed by atoms with Crippen molar-refractivity contribution in [2.45, 2.75) is 6.10 Å². The SMILES string of the molecule is Nc1ccc(NCC(O)CO)cc1-c1ccco1. The molecule has 0 saturated heterocycles. The first-order valence-corrected chi connectivity index (χ1v) is 5.67. The van der Waals surface area contributed by atoms with E-state index < -0.39 is 6.10 Å². The van der Waals surface area contributed by atoms with E-state index in [1.807, 2.05) is 18.2 Å². The second kappa shape index (κ2) is 5.57. The van der Waals surface area contributed by atoms with E-state index in [9.17, 15) is 5.11 Å². The zero-order chi connectivity index (χ0) is 13.0. The molecule has 2 aromatic rings. The Labute approximate surface area is 105 Å². The number of furan rings is 1. The van der Waals surface area contributed by atoms with Crippen LogP contribution >= 0.6 is 0 Å². The van der Waals surface area contributed by atoms with Crippen molar-refractivity contribution in [2.75, 3.05) is 24.2 Å². The molecule has 18 heavy (non-hydrogen) atoms. The number of aliphatic hydroxyl groups excluding tert-OH is 2. The lowest BCUT2D eigenvalue weighted by Crippen LogP contribution is -2.22. The molecular weight excluding hydrogens is 232 g/mol. The van der Waals surface area contributed by atoms with Crippen molar-refractivity contribution < 1.29 is 14.6 Å². The third kappa shape index (κ3) is 2.82. The van der Waals surface area contributed by atoms with Crippen molar-refractivity contribution in [3.63, 3.8) is 0 Å². The molecule has 0 aliphatic rings. The van der Waals surface area contributed by atoms with E-state index in [-0.39, 0.29) is 13.2 Å². The maximum atomic E-state index is 9.27. The van der Waals surface area contributed by atoms with Crippen LogP contribution in [0.4, 0.5) is 11.4 Å². The van der Waals surface area contributed by atoms with Crippen LogP contribution in [0.3, 0.4) is 0 Å². The summed E-state index contributed by atoms with van der Waals surface area (Å²) in [4.78, 5) is 0. The van der Waals surface area contributed by atoms with Crippen LogP contribution in [0.2, 0.25) is 0 Å². The summed E-state index contributed by atoms with van der Waals surface area (Å²) in [5, 5.41) is 21.0. The second-order valence-electron chi connectivity index (χ2n) is 4.00. The molecule has 5 N–H and O–H groups in total. The van der Waals surface area contributed by atoms with Crippen molar-refractivity contribution in [3.05, 3.63) is 36.6 Å². The van der Waals surface area contributed by atoms with Crippen LogP contribution in [0.5, 0.6) is 0 Å². The van der Waals surface area contributed by atoms with E-state index in [0.717, 1.165) is 11.3 Å². The predicted octanol–water partition coefficient (Wildman–Crippen LogP) is 1.29. The Kier molecular flexibility index (Phi) is 3.86. The fraction of sp³-hybridized carbons (Fsp3) is 0.231. The van der Waals surface area contributed by atoms with E-state index in [1.54, 1.807) is 18.4 Å². The van der Waals surface area contributed by atoms with Gasteiger partial charge in [0.15, 0.2) is 0 Å². The van der Waals surface area contributed by atoms with Crippen LogP contribution in [0.1, 0.15) is 0 Å². The Morgan fingerprint density at radius 2 is 2.17 bits per heavy atom. The van der Waals surface area contributed by atoms with Gasteiger partial charge in [-0.15, -0.1) is 0 Å². The number of anilines is 2. The minimum absolute atomic E-state index is 0.271. The average Bonchev–Trinajstić information content (AvgIpc) is 2.91. The van der Waals surface area contributed by atoms with E-state index in [4.69, 9.17) is 15.3 Å². The van der Waals surface area contributed by atoms with Gasteiger partial charge in [0, 0.05) is 23.5 Å². The number of nitrogens with one attached hydrogen (secondary N) is 1. The fourth-order valence-electron chi connectivity index (χ4n) is 1.61. The zero-order valence-corrected chi connectivity index (χ0v) is 9.84. The van der Waals surface area contributed by atoms with E-state index in [0.29, 0.717) is 11.4 Å². The van der Waals surface area contributed by atoms with Crippen molar-refractivity contribution >= 4 is 11.4 Å². The minimum Gasteiger partial charge on any atom is -0.464 e. The standard InChI is InChI=1S/C13H16N2O3/c14-12-4-3-9(15-7-10(17)8-16)6-11(12)13-2-1-5-18-13/h1-6,10,15-17H,7-8,14H2. The Morgan fingerprint density at radius 3 is 2.83 bits per heavy atom. The highest BCUT2D eigenvalue weighted by Gasteiger charge is 2.07. The van der Waals surface area contributed by atoms with Gasteiger partial charge in [0.2, 0.25) is 0 Å². The van der Waals surface area contributed by atoms with Crippen molar-refractivity contribution in [1.29, 1.82) is 0 Å². The minimum atomic E-state index is -0.783. The maximum absolute atomic E-state index is 9.27. The van der Waals surface area contributed by atoms with Gasteiger partial charge in [-0.1, -0.05) is 0 Å². The molecule has 0 spiro atoms. The monoisotopic (exact) mass is 248 g/mol. The number of aliphatic hydroxyl groups is 2. The van der Waals surface area contributed by atoms with Gasteiger partial charge in [-0.25, -0.2) is 0 Å². The molecule has 0 saturated carbocycles. The molecule has 2 rings (SSSR count). The molecule has 96 valence electrons. The number of nitrogen functional groups attached to an aromatic ring is 1. The Morgan fingerprint density at radius 1 is 1.33 bits per heavy atom. The predicted molar refractivity (Wildman–Crippen MR) is 70.1 cm³/mol. The average molecular weight is 248 g/mol. The Bertz CT molecular complexity index is 497. The van der Waals surface area contributed by atoms with Gasteiger partial charge in [0.05, 0.1) is 19.0 Å². The third-order valence-corrected chi connectivity index (χ3v) is 2.59. The quantitative estimate of drug-likeness (QED) is 0.598. The molecule has 1 aromatic carbocycles. The smallest absolute Gasteiger partial charge is 0.135 e. The fourth-order valence-corrected chi connectivity index (χ4v) is 1.61. The Balaban J connectivity index is 2.17. The number of benzene rings is 1. The van der Waals surface area contributed by atoms with Crippen molar-refractivity contribution in [1.82, 2.24) is 0 Å². The molecule has 1 aromatic heterocycles. The molecule has 5 heteroatoms. The first-order chi connectivity index (χ1) is 8.70. The van der Waals surface area contributed by atoms with Crippen molar-refractivity contribution in [2.24, 2.45) is 0 Å². The van der Waals surface area contributed by atoms with Crippen LogP contribution in [0.15, 0.2) is 41.0 Å². The molecule has 1 unspecified atom stereocenters. The number of nitrogens with two attached hydrogens (primary N) is 1. The van der Waals surface area contributed by atoms with Crippen LogP contribution in [0.25, 0.3) is 11.3 Å². The molecule has 1 heterocycles. The molecule has 0 fully saturated rings. The first kappa shape index (κ1) is 12.5. The van der Waals surface area contributed by atoms with E-state index in [2.05, 4.69) is 5.32 Å². The summed E-state index contributed by atoms with van der Waals surface area (Å²) < 4.78 is 5.30. The van der Waals surface area contributed by atoms with Gasteiger partial charge in [0.25, 0.3) is 0 Å². The summed E-state index contributed by atoms with van der Waals surface area (Å²) in [7, 11) is 0. The summed E-state index contributed by atoms with van der Waals surface area (Å²) in [6, 6.07) is 9.05. The van der Waals surface area contributed by atoms with Crippen LogP contribution in [0, 0.1) is 0 Å². The zero-order valence-electron chi connectivity index (χ0n) is 9.84. The molecule has 5 nitrogen and oxygen atoms in total. The number of hydrogen-bond acceptors (Lipinski definition) is 5. The topological polar surface area (TPSA) is 91.7 Å². The highest BCUT2D eigenvalue weighted by Crippen LogP contribution is 2.29. The Hall–Kier alpha value is -1.98. The molecule has 1 atom stereocenters. The van der Waals surface area contributed by atoms with Gasteiger partial charge < -0.3 is 25.7 Å². The molecule has 0 aliphatic heterocycles. The molecule has 0 radical (unpaired) electrons. The maximum Gasteiger partial charge on any atom is 0.135 e. The molecular formula is C13H16N2O3. The first-order valence-electron chi connectivity index (χ1n) is 5.67. The summed E-state index contributed by atoms with van der Waals surface area (Å²) >= 11 is 0. The summed E-state index contributed by atoms with van der Waals surface area (Å²) in [5.74, 6) is 0.693. The van der Waals surface area contributed by atoms with Gasteiger partial charge in [-0.3, -0.25) is 0 Å². The van der Waals surface area contributed by atoms with Crippen LogP contribution in [-0.4, -0.2) is 29.5 Å². The largest absolute Gasteiger partial charge is 0.464 e. The van der Waals surface area contributed by atoms with Gasteiger partial charge in [0.1, 0.15) is 5.76 Å². The van der Waals surface area contributed by atoms with E-state index in [1.165, 1.54) is 0 Å². The number of hydrogen-bond donors (Lipinski definition) is 4. The van der Waals surface area contributed by atoms with E-state index >= 15 is 0 Å². The third-order valence-electron chi connectivity index (χ3n) is 2.59. The second-order valence-corrected chi connectivity index (χ2v) is 4.00. The lowest BCUT2D eigenvalue weighted by molar-refractivity contribution is 0.105. The summed E-state index contributed by atoms with van der Waals surface area (Å²) in [5.41, 5.74) is 8.11. The normalized spacial score (nSPS) is 12.3. The van der Waals surface area contributed by atoms with Gasteiger partial charge in [-0.05, 0) is 30.3 Å². The highest BCUT2D eigenvalue weighted by atomic mass is 16.3. The van der Waals surface area contributed by atoms with Crippen LogP contribution < -0.4 is 11.1 Å². The van der Waals surface area contributed by atoms with Gasteiger partial charge in [-0.2, -0.15) is 0 Å². The van der Waals surface area contributed by atoms with Crippen molar-refractivity contribution in [3.8, 4) is 11.3 Å². The molecule has 0 bridgehead atoms. The highest BCUT2D eigenvalue weighted by molar-refractivity contribution is 5.76. The molecule has 0 aliphatic carbocycles. The summed E-state index contributed by atoms with van der Waals surface area (Å²) in [6.07, 6.45) is 0.805. The molecule has 0 amide bonds. The lowest BCUT2D eigenvalue weighted by atomic mass is 10.1.